The molecule has 1 amide bonds. The Bertz CT molecular complexity index is 1450. The minimum absolute atomic E-state index is 0.211. The number of hydrogen-bond donors (Lipinski definition) is 1. The number of amides is 1. The summed E-state index contributed by atoms with van der Waals surface area (Å²) in [7, 11) is 0. The molecule has 4 nitrogen and oxygen atoms in total. The van der Waals surface area contributed by atoms with Gasteiger partial charge in [0.15, 0.2) is 5.13 Å². The topological polar surface area (TPSA) is 54.9 Å². The van der Waals surface area contributed by atoms with E-state index in [1.807, 2.05) is 49.4 Å². The van der Waals surface area contributed by atoms with Crippen molar-refractivity contribution < 1.29 is 4.79 Å². The van der Waals surface area contributed by atoms with Crippen LogP contribution in [0.5, 0.6) is 0 Å². The van der Waals surface area contributed by atoms with Crippen molar-refractivity contribution in [2.45, 2.75) is 13.8 Å². The van der Waals surface area contributed by atoms with Crippen LogP contribution >= 0.6 is 34.3 Å². The summed E-state index contributed by atoms with van der Waals surface area (Å²) in [6.07, 6.45) is 0. The van der Waals surface area contributed by atoms with Crippen molar-refractivity contribution in [1.29, 1.82) is 0 Å². The van der Waals surface area contributed by atoms with Gasteiger partial charge in [0.25, 0.3) is 5.91 Å². The van der Waals surface area contributed by atoms with Crippen molar-refractivity contribution >= 4 is 56.2 Å². The summed E-state index contributed by atoms with van der Waals surface area (Å²) in [4.78, 5) is 24.7. The maximum atomic E-state index is 13.3. The first-order valence-corrected chi connectivity index (χ1v) is 12.0. The fraction of sp³-hybridized carbons (Fsp3) is 0.0800. The third-order valence-electron chi connectivity index (χ3n) is 5.13. The summed E-state index contributed by atoms with van der Waals surface area (Å²) in [6.45, 7) is 4.07. The van der Waals surface area contributed by atoms with Crippen molar-refractivity contribution in [2.75, 3.05) is 5.32 Å². The normalized spacial score (nSPS) is 11.1. The molecule has 0 bridgehead atoms. The average Bonchev–Trinajstić information content (AvgIpc) is 3.38. The number of hydrogen-bond acceptors (Lipinski definition) is 5. The molecular weight excluding hydrogens is 458 g/mol. The maximum absolute atomic E-state index is 13.3. The Morgan fingerprint density at radius 2 is 1.72 bits per heavy atom. The zero-order chi connectivity index (χ0) is 22.2. The monoisotopic (exact) mass is 475 g/mol. The van der Waals surface area contributed by atoms with Gasteiger partial charge in [0.05, 0.1) is 31.7 Å². The van der Waals surface area contributed by atoms with Crippen molar-refractivity contribution in [2.24, 2.45) is 0 Å². The van der Waals surface area contributed by atoms with Crippen molar-refractivity contribution in [3.63, 3.8) is 0 Å². The van der Waals surface area contributed by atoms with Gasteiger partial charge in [0, 0.05) is 15.8 Å². The number of nitrogens with zero attached hydrogens (tertiary/aromatic N) is 2. The first-order valence-electron chi connectivity index (χ1n) is 9.99. The summed E-state index contributed by atoms with van der Waals surface area (Å²) in [6, 6.07) is 21.5. The number of thiazole rings is 1. The van der Waals surface area contributed by atoms with Gasteiger partial charge in [0.2, 0.25) is 0 Å². The number of anilines is 1. The highest BCUT2D eigenvalue weighted by Gasteiger charge is 2.17. The molecule has 5 rings (SSSR count). The Morgan fingerprint density at radius 3 is 2.47 bits per heavy atom. The van der Waals surface area contributed by atoms with Crippen molar-refractivity contribution in [3.8, 4) is 21.8 Å². The molecule has 0 aliphatic carbocycles. The highest BCUT2D eigenvalue weighted by Crippen LogP contribution is 2.34. The Balaban J connectivity index is 1.51. The molecule has 5 aromatic rings. The molecule has 2 aromatic carbocycles. The van der Waals surface area contributed by atoms with E-state index in [1.165, 1.54) is 28.2 Å². The Kier molecular flexibility index (Phi) is 5.51. The predicted molar refractivity (Wildman–Crippen MR) is 135 cm³/mol. The molecule has 0 spiro atoms. The first-order chi connectivity index (χ1) is 15.5. The third-order valence-corrected chi connectivity index (χ3v) is 7.27. The van der Waals surface area contributed by atoms with Gasteiger partial charge >= 0.3 is 0 Å². The van der Waals surface area contributed by atoms with Crippen LogP contribution < -0.4 is 5.32 Å². The fourth-order valence-corrected chi connectivity index (χ4v) is 5.37. The van der Waals surface area contributed by atoms with Gasteiger partial charge in [-0.15, -0.1) is 22.7 Å². The van der Waals surface area contributed by atoms with Gasteiger partial charge < -0.3 is 0 Å². The molecule has 0 aliphatic heterocycles. The number of carbonyl (C=O) groups is 1. The molecule has 32 heavy (non-hydrogen) atoms. The number of fused-ring (bicyclic) bond motifs is 1. The number of aryl methyl sites for hydroxylation is 2. The van der Waals surface area contributed by atoms with Crippen LogP contribution in [-0.4, -0.2) is 15.9 Å². The lowest BCUT2D eigenvalue weighted by Gasteiger charge is -2.08. The largest absolute Gasteiger partial charge is 0.298 e. The zero-order valence-corrected chi connectivity index (χ0v) is 19.7. The number of thiophene rings is 1. The molecule has 3 aromatic heterocycles. The second kappa shape index (κ2) is 8.47. The van der Waals surface area contributed by atoms with Crippen molar-refractivity contribution in [1.82, 2.24) is 9.97 Å². The van der Waals surface area contributed by atoms with E-state index in [0.717, 1.165) is 37.6 Å². The lowest BCUT2D eigenvalue weighted by molar-refractivity contribution is 0.102. The minimum Gasteiger partial charge on any atom is -0.298 e. The SMILES string of the molecule is Cc1ccc(-c2nc(NC(=O)c3cc(-c4ccc(Cl)s4)nc4ccccc34)sc2C)cc1. The molecule has 0 saturated heterocycles. The van der Waals surface area contributed by atoms with Gasteiger partial charge in [-0.1, -0.05) is 59.6 Å². The Hall–Kier alpha value is -3.06. The molecule has 158 valence electrons. The molecule has 3 heterocycles. The van der Waals surface area contributed by atoms with Gasteiger partial charge in [0.1, 0.15) is 0 Å². The molecule has 0 aliphatic rings. The summed E-state index contributed by atoms with van der Waals surface area (Å²) in [5.41, 5.74) is 5.16. The van der Waals surface area contributed by atoms with E-state index < -0.39 is 0 Å². The summed E-state index contributed by atoms with van der Waals surface area (Å²) in [5.74, 6) is -0.211. The standard InChI is InChI=1S/C25H18ClN3OS2/c1-14-7-9-16(10-8-14)23-15(2)31-25(28-23)29-24(30)18-13-20(21-11-12-22(26)32-21)27-19-6-4-3-5-17(18)19/h3-13H,1-2H3,(H,28,29,30). The summed E-state index contributed by atoms with van der Waals surface area (Å²) >= 11 is 9.03. The molecule has 0 saturated carbocycles. The maximum Gasteiger partial charge on any atom is 0.258 e. The van der Waals surface area contributed by atoms with Crippen molar-refractivity contribution in [3.05, 3.63) is 87.1 Å². The van der Waals surface area contributed by atoms with Crippen LogP contribution in [0.3, 0.4) is 0 Å². The van der Waals surface area contributed by atoms with Crippen LogP contribution in [0.2, 0.25) is 4.34 Å². The van der Waals surface area contributed by atoms with E-state index in [0.29, 0.717) is 15.0 Å². The average molecular weight is 476 g/mol. The molecule has 0 unspecified atom stereocenters. The fourth-order valence-electron chi connectivity index (χ4n) is 3.54. The molecule has 1 N–H and O–H groups in total. The lowest BCUT2D eigenvalue weighted by atomic mass is 10.1. The summed E-state index contributed by atoms with van der Waals surface area (Å²) in [5, 5.41) is 4.36. The molecule has 0 fully saturated rings. The van der Waals surface area contributed by atoms with Gasteiger partial charge in [-0.3, -0.25) is 10.1 Å². The van der Waals surface area contributed by atoms with Gasteiger partial charge in [-0.05, 0) is 38.1 Å². The van der Waals surface area contributed by atoms with Crippen LogP contribution in [0.1, 0.15) is 20.8 Å². The molecule has 0 radical (unpaired) electrons. The number of benzene rings is 2. The van der Waals surface area contributed by atoms with E-state index >= 15 is 0 Å². The second-order valence-corrected chi connectivity index (χ2v) is 10.3. The summed E-state index contributed by atoms with van der Waals surface area (Å²) < 4.78 is 0.683. The van der Waals surface area contributed by atoms with E-state index in [-0.39, 0.29) is 5.91 Å². The number of pyridine rings is 1. The zero-order valence-electron chi connectivity index (χ0n) is 17.3. The first kappa shape index (κ1) is 20.8. The van der Waals surface area contributed by atoms with E-state index in [4.69, 9.17) is 21.6 Å². The number of halogens is 1. The Morgan fingerprint density at radius 1 is 0.938 bits per heavy atom. The quantitative estimate of drug-likeness (QED) is 0.291. The third kappa shape index (κ3) is 4.05. The lowest BCUT2D eigenvalue weighted by Crippen LogP contribution is -2.13. The van der Waals surface area contributed by atoms with E-state index in [1.54, 1.807) is 0 Å². The highest BCUT2D eigenvalue weighted by molar-refractivity contribution is 7.19. The van der Waals surface area contributed by atoms with Gasteiger partial charge in [-0.25, -0.2) is 9.97 Å². The smallest absolute Gasteiger partial charge is 0.258 e. The number of aromatic nitrogens is 2. The minimum atomic E-state index is -0.211. The van der Waals surface area contributed by atoms with Crippen LogP contribution in [0.25, 0.3) is 32.7 Å². The number of nitrogens with one attached hydrogen (secondary N) is 1. The molecule has 7 heteroatoms. The Labute approximate surface area is 198 Å². The molecule has 0 atom stereocenters. The predicted octanol–water partition coefficient (Wildman–Crippen LogP) is 7.61. The van der Waals surface area contributed by atoms with E-state index in [2.05, 4.69) is 36.5 Å². The highest BCUT2D eigenvalue weighted by atomic mass is 35.5. The van der Waals surface area contributed by atoms with Crippen LogP contribution in [-0.2, 0) is 0 Å². The number of carbonyl (C=O) groups excluding carboxylic acids is 1. The van der Waals surface area contributed by atoms with Gasteiger partial charge in [-0.2, -0.15) is 0 Å². The van der Waals surface area contributed by atoms with Crippen LogP contribution in [0.4, 0.5) is 5.13 Å². The number of rotatable bonds is 4. The van der Waals surface area contributed by atoms with Crippen LogP contribution in [0.15, 0.2) is 66.7 Å². The number of para-hydroxylation sites is 1. The second-order valence-electron chi connectivity index (χ2n) is 7.42. The van der Waals surface area contributed by atoms with E-state index in [9.17, 15) is 4.79 Å². The van der Waals surface area contributed by atoms with Crippen LogP contribution in [0, 0.1) is 13.8 Å². The molecular formula is C25H18ClN3OS2.